The highest BCUT2D eigenvalue weighted by Crippen LogP contribution is 1.90. The van der Waals surface area contributed by atoms with Crippen LogP contribution in [0.25, 0.3) is 0 Å². The molecule has 0 fully saturated rings. The second-order valence-electron chi connectivity index (χ2n) is 1.64. The summed E-state index contributed by atoms with van der Waals surface area (Å²) < 4.78 is 0. The molecule has 0 heterocycles. The van der Waals surface area contributed by atoms with Crippen molar-refractivity contribution in [2.45, 2.75) is 0 Å². The number of carbonyl (C=O) groups excluding carboxylic acids is 2. The average Bonchev–Trinajstić information content (AvgIpc) is 1.97. The first-order chi connectivity index (χ1) is 5.20. The summed E-state index contributed by atoms with van der Waals surface area (Å²) in [5.41, 5.74) is 9.31. The number of carbonyl (C=O) groups is 2. The number of nitrogens with two attached hydrogens (primary N) is 2. The lowest BCUT2D eigenvalue weighted by atomic mass is 10.2. The van der Waals surface area contributed by atoms with Gasteiger partial charge in [-0.1, -0.05) is 0 Å². The van der Waals surface area contributed by atoms with Crippen molar-refractivity contribution in [2.75, 3.05) is 0 Å². The summed E-state index contributed by atoms with van der Waals surface area (Å²) in [5.74, 6) is -0.241. The molecule has 0 spiro atoms. The maximum atomic E-state index is 10.3. The number of allylic oxidation sites excluding steroid dienone is 4. The zero-order chi connectivity index (χ0) is 8.69. The van der Waals surface area contributed by atoms with Crippen LogP contribution in [0, 0.1) is 0 Å². The Morgan fingerprint density at radius 3 is 1.27 bits per heavy atom. The van der Waals surface area contributed by atoms with E-state index in [0.29, 0.717) is 0 Å². The van der Waals surface area contributed by atoms with Gasteiger partial charge in [-0.2, -0.15) is 0 Å². The summed E-state index contributed by atoms with van der Waals surface area (Å²) in [6, 6.07) is 0. The lowest BCUT2D eigenvalue weighted by Gasteiger charge is -1.87. The van der Waals surface area contributed by atoms with Gasteiger partial charge in [0.05, 0.1) is 0 Å². The Balaban J connectivity index is 0.000000292. The van der Waals surface area contributed by atoms with Gasteiger partial charge in [0.1, 0.15) is 0 Å². The fourth-order valence-corrected chi connectivity index (χ4v) is 0.440. The van der Waals surface area contributed by atoms with Crippen LogP contribution in [0.4, 0.5) is 0 Å². The zero-order valence-electron chi connectivity index (χ0n) is 5.78. The van der Waals surface area contributed by atoms with E-state index in [1.54, 1.807) is 0 Å². The fourth-order valence-electron chi connectivity index (χ4n) is 0.440. The van der Waals surface area contributed by atoms with Crippen molar-refractivity contribution in [1.29, 1.82) is 0 Å². The second kappa shape index (κ2) is 5.92. The Hall–Kier alpha value is -0.830. The smallest absolute Gasteiger partial charge is 0.178 e. The Morgan fingerprint density at radius 2 is 1.09 bits per heavy atom. The molecule has 0 bridgehead atoms. The third kappa shape index (κ3) is 5.61. The number of hydrogen-bond acceptors (Lipinski definition) is 4. The predicted octanol–water partition coefficient (Wildman–Crippen LogP) is -0.337. The molecule has 0 saturated carbocycles. The molecule has 1 rings (SSSR count). The van der Waals surface area contributed by atoms with Crippen molar-refractivity contribution in [3.8, 4) is 0 Å². The van der Waals surface area contributed by atoms with E-state index >= 15 is 0 Å². The SMILES string of the molecule is NPN.O=C1C=CC(=O)C=C1. The molecule has 1 aliphatic rings. The largest absolute Gasteiger partial charge is 0.300 e. The van der Waals surface area contributed by atoms with E-state index in [1.807, 2.05) is 0 Å². The molecule has 0 aromatic rings. The number of rotatable bonds is 0. The van der Waals surface area contributed by atoms with Gasteiger partial charge in [-0.15, -0.1) is 0 Å². The van der Waals surface area contributed by atoms with Crippen LogP contribution in [0.2, 0.25) is 0 Å². The van der Waals surface area contributed by atoms with E-state index in [0.717, 1.165) is 0 Å². The average molecular weight is 172 g/mol. The lowest BCUT2D eigenvalue weighted by Crippen LogP contribution is -1.97. The molecule has 0 amide bonds. The van der Waals surface area contributed by atoms with Crippen LogP contribution in [0.15, 0.2) is 24.3 Å². The molecule has 11 heavy (non-hydrogen) atoms. The van der Waals surface area contributed by atoms with E-state index in [9.17, 15) is 9.59 Å². The first-order valence-corrected chi connectivity index (χ1v) is 3.96. The topological polar surface area (TPSA) is 86.2 Å². The quantitative estimate of drug-likeness (QED) is 0.386. The maximum absolute atomic E-state index is 10.3. The van der Waals surface area contributed by atoms with Gasteiger partial charge >= 0.3 is 0 Å². The van der Waals surface area contributed by atoms with Gasteiger partial charge in [0, 0.05) is 8.88 Å². The van der Waals surface area contributed by atoms with Crippen molar-refractivity contribution in [1.82, 2.24) is 0 Å². The summed E-state index contributed by atoms with van der Waals surface area (Å²) in [6.45, 7) is 0. The Morgan fingerprint density at radius 1 is 0.909 bits per heavy atom. The molecule has 0 aromatic heterocycles. The summed E-state index contributed by atoms with van der Waals surface area (Å²) in [4.78, 5) is 20.6. The molecule has 4 nitrogen and oxygen atoms in total. The summed E-state index contributed by atoms with van der Waals surface area (Å²) >= 11 is 0. The third-order valence-electron chi connectivity index (χ3n) is 0.824. The molecule has 0 radical (unpaired) electrons. The van der Waals surface area contributed by atoms with Gasteiger partial charge in [-0.25, -0.2) is 0 Å². The van der Waals surface area contributed by atoms with E-state index in [-0.39, 0.29) is 20.4 Å². The van der Waals surface area contributed by atoms with Crippen LogP contribution in [-0.4, -0.2) is 11.6 Å². The Labute approximate surface area is 66.2 Å². The zero-order valence-corrected chi connectivity index (χ0v) is 6.78. The van der Waals surface area contributed by atoms with Crippen LogP contribution in [0.5, 0.6) is 0 Å². The van der Waals surface area contributed by atoms with Gasteiger partial charge in [0.25, 0.3) is 0 Å². The molecular weight excluding hydrogens is 163 g/mol. The molecule has 0 aromatic carbocycles. The molecule has 0 atom stereocenters. The molecule has 5 heteroatoms. The van der Waals surface area contributed by atoms with Gasteiger partial charge < -0.3 is 11.0 Å². The van der Waals surface area contributed by atoms with Crippen LogP contribution in [0.3, 0.4) is 0 Å². The van der Waals surface area contributed by atoms with Crippen molar-refractivity contribution < 1.29 is 9.59 Å². The highest BCUT2D eigenvalue weighted by Gasteiger charge is 1.97. The summed E-state index contributed by atoms with van der Waals surface area (Å²) in [6.07, 6.45) is 5.01. The minimum atomic E-state index is -0.121. The van der Waals surface area contributed by atoms with E-state index in [4.69, 9.17) is 0 Å². The second-order valence-corrected chi connectivity index (χ2v) is 1.97. The number of ketones is 2. The van der Waals surface area contributed by atoms with Crippen molar-refractivity contribution in [3.63, 3.8) is 0 Å². The van der Waals surface area contributed by atoms with E-state index < -0.39 is 0 Å². The third-order valence-corrected chi connectivity index (χ3v) is 0.824. The minimum Gasteiger partial charge on any atom is -0.300 e. The molecular formula is C6H9N2O2P. The van der Waals surface area contributed by atoms with Gasteiger partial charge in [0.2, 0.25) is 0 Å². The fraction of sp³-hybridized carbons (Fsp3) is 0. The summed E-state index contributed by atoms with van der Waals surface area (Å²) in [7, 11) is 0.0833. The van der Waals surface area contributed by atoms with Crippen LogP contribution in [-0.2, 0) is 9.59 Å². The first kappa shape index (κ1) is 10.2. The molecule has 1 aliphatic carbocycles. The van der Waals surface area contributed by atoms with Gasteiger partial charge in [-0.05, 0) is 24.3 Å². The Bertz CT molecular complexity index is 173. The molecule has 0 saturated heterocycles. The highest BCUT2D eigenvalue weighted by atomic mass is 31.1. The normalized spacial score (nSPS) is 14.4. The lowest BCUT2D eigenvalue weighted by molar-refractivity contribution is -0.113. The summed E-state index contributed by atoms with van der Waals surface area (Å²) in [5, 5.41) is 0. The Kier molecular flexibility index (Phi) is 5.47. The number of hydrogen-bond donors (Lipinski definition) is 2. The van der Waals surface area contributed by atoms with E-state index in [2.05, 4.69) is 11.0 Å². The van der Waals surface area contributed by atoms with Gasteiger partial charge in [0.15, 0.2) is 11.6 Å². The van der Waals surface area contributed by atoms with Crippen molar-refractivity contribution in [3.05, 3.63) is 24.3 Å². The standard InChI is InChI=1S/C6H4O2.H5N2P/c7-5-1-2-6(8)4-3-5;1-3-2/h1-4H;3H,1-2H2. The van der Waals surface area contributed by atoms with Crippen LogP contribution < -0.4 is 11.0 Å². The van der Waals surface area contributed by atoms with E-state index in [1.165, 1.54) is 24.3 Å². The highest BCUT2D eigenvalue weighted by molar-refractivity contribution is 7.32. The predicted molar refractivity (Wildman–Crippen MR) is 45.0 cm³/mol. The van der Waals surface area contributed by atoms with Crippen LogP contribution >= 0.6 is 8.88 Å². The van der Waals surface area contributed by atoms with Crippen molar-refractivity contribution in [2.24, 2.45) is 11.0 Å². The molecule has 0 unspecified atom stereocenters. The molecule has 60 valence electrons. The molecule has 0 aliphatic heterocycles. The van der Waals surface area contributed by atoms with Crippen LogP contribution in [0.1, 0.15) is 0 Å². The minimum absolute atomic E-state index is 0.0833. The first-order valence-electron chi connectivity index (χ1n) is 2.81. The monoisotopic (exact) mass is 172 g/mol. The van der Waals surface area contributed by atoms with Gasteiger partial charge in [-0.3, -0.25) is 9.59 Å². The maximum Gasteiger partial charge on any atom is 0.178 e. The molecule has 4 N–H and O–H groups in total. The van der Waals surface area contributed by atoms with Crippen molar-refractivity contribution >= 4 is 20.4 Å².